The summed E-state index contributed by atoms with van der Waals surface area (Å²) in [7, 11) is 0. The van der Waals surface area contributed by atoms with E-state index in [1.165, 1.54) is 6.26 Å². The van der Waals surface area contributed by atoms with E-state index in [0.717, 1.165) is 11.1 Å². The largest absolute Gasteiger partial charge is 0.459 e. The van der Waals surface area contributed by atoms with Crippen molar-refractivity contribution in [1.82, 2.24) is 5.32 Å². The van der Waals surface area contributed by atoms with Crippen molar-refractivity contribution in [2.24, 2.45) is 0 Å². The molecule has 7 heteroatoms. The summed E-state index contributed by atoms with van der Waals surface area (Å²) in [5.41, 5.74) is 2.37. The van der Waals surface area contributed by atoms with Gasteiger partial charge >= 0.3 is 0 Å². The monoisotopic (exact) mass is 378 g/mol. The molecule has 1 aliphatic rings. The molecule has 142 valence electrons. The number of furan rings is 1. The Bertz CT molecular complexity index is 1040. The minimum Gasteiger partial charge on any atom is -0.459 e. The van der Waals surface area contributed by atoms with Crippen molar-refractivity contribution >= 4 is 17.5 Å². The van der Waals surface area contributed by atoms with Crippen LogP contribution in [0.2, 0.25) is 0 Å². The second kappa shape index (κ2) is 7.48. The van der Waals surface area contributed by atoms with Gasteiger partial charge in [0, 0.05) is 12.1 Å². The molecule has 28 heavy (non-hydrogen) atoms. The van der Waals surface area contributed by atoms with Crippen LogP contribution >= 0.6 is 0 Å². The van der Waals surface area contributed by atoms with Gasteiger partial charge in [0.25, 0.3) is 11.8 Å². The van der Waals surface area contributed by atoms with E-state index in [-0.39, 0.29) is 18.5 Å². The van der Waals surface area contributed by atoms with Crippen LogP contribution in [0.25, 0.3) is 0 Å². The molecule has 4 rings (SSSR count). The topological polar surface area (TPSA) is 89.8 Å². The van der Waals surface area contributed by atoms with Gasteiger partial charge < -0.3 is 24.5 Å². The molecule has 0 unspecified atom stereocenters. The lowest BCUT2D eigenvalue weighted by molar-refractivity contribution is 0.0951. The highest BCUT2D eigenvalue weighted by Gasteiger charge is 2.18. The van der Waals surface area contributed by atoms with Crippen LogP contribution in [0.1, 0.15) is 32.0 Å². The number of ether oxygens (including phenoxy) is 2. The number of anilines is 1. The van der Waals surface area contributed by atoms with Gasteiger partial charge in [-0.2, -0.15) is 0 Å². The number of amides is 2. The van der Waals surface area contributed by atoms with Crippen LogP contribution < -0.4 is 20.1 Å². The van der Waals surface area contributed by atoms with Crippen molar-refractivity contribution in [3.63, 3.8) is 0 Å². The molecule has 0 radical (unpaired) electrons. The van der Waals surface area contributed by atoms with Crippen LogP contribution in [0.3, 0.4) is 0 Å². The van der Waals surface area contributed by atoms with E-state index in [9.17, 15) is 9.59 Å². The zero-order valence-corrected chi connectivity index (χ0v) is 15.2. The van der Waals surface area contributed by atoms with Crippen LogP contribution in [-0.2, 0) is 6.54 Å². The molecule has 0 fully saturated rings. The molecule has 2 aromatic carbocycles. The first-order valence-corrected chi connectivity index (χ1v) is 8.73. The van der Waals surface area contributed by atoms with Crippen LogP contribution in [0.15, 0.2) is 59.2 Å². The van der Waals surface area contributed by atoms with E-state index >= 15 is 0 Å². The predicted octanol–water partition coefficient (Wildman–Crippen LogP) is 3.50. The Kier molecular flexibility index (Phi) is 4.72. The minimum atomic E-state index is -0.404. The molecule has 0 aliphatic carbocycles. The van der Waals surface area contributed by atoms with Gasteiger partial charge in [-0.1, -0.05) is 18.2 Å². The molecule has 2 N–H and O–H groups in total. The van der Waals surface area contributed by atoms with E-state index in [4.69, 9.17) is 13.9 Å². The Hall–Kier alpha value is -3.74. The summed E-state index contributed by atoms with van der Waals surface area (Å²) in [4.78, 5) is 25.1. The molecule has 0 saturated carbocycles. The van der Waals surface area contributed by atoms with Gasteiger partial charge in [-0.15, -0.1) is 0 Å². The van der Waals surface area contributed by atoms with Gasteiger partial charge in [-0.3, -0.25) is 9.59 Å². The van der Waals surface area contributed by atoms with Crippen LogP contribution in [0.5, 0.6) is 11.5 Å². The maximum absolute atomic E-state index is 12.7. The summed E-state index contributed by atoms with van der Waals surface area (Å²) in [6.45, 7) is 2.30. The van der Waals surface area contributed by atoms with Gasteiger partial charge in [-0.05, 0) is 42.8 Å². The van der Waals surface area contributed by atoms with Gasteiger partial charge in [0.2, 0.25) is 6.79 Å². The summed E-state index contributed by atoms with van der Waals surface area (Å²) in [6, 6.07) is 14.0. The number of rotatable bonds is 5. The lowest BCUT2D eigenvalue weighted by Crippen LogP contribution is -2.25. The Morgan fingerprint density at radius 3 is 2.64 bits per heavy atom. The quantitative estimate of drug-likeness (QED) is 0.709. The SMILES string of the molecule is Cc1ccoc1C(=O)Nc1ccccc1C(=O)NCc1ccc2c(c1)OCO2. The maximum atomic E-state index is 12.7. The van der Waals surface area contributed by atoms with Crippen molar-refractivity contribution in [2.45, 2.75) is 13.5 Å². The number of para-hydroxylation sites is 1. The third kappa shape index (κ3) is 3.55. The first kappa shape index (κ1) is 17.7. The number of fused-ring (bicyclic) bond motifs is 1. The van der Waals surface area contributed by atoms with Crippen molar-refractivity contribution in [3.8, 4) is 11.5 Å². The van der Waals surface area contributed by atoms with Gasteiger partial charge in [-0.25, -0.2) is 0 Å². The lowest BCUT2D eigenvalue weighted by atomic mass is 10.1. The van der Waals surface area contributed by atoms with Crippen molar-refractivity contribution < 1.29 is 23.5 Å². The average molecular weight is 378 g/mol. The van der Waals surface area contributed by atoms with Crippen LogP contribution in [0, 0.1) is 6.92 Å². The number of nitrogens with one attached hydrogen (secondary N) is 2. The van der Waals surface area contributed by atoms with E-state index in [1.54, 1.807) is 37.3 Å². The van der Waals surface area contributed by atoms with Gasteiger partial charge in [0.15, 0.2) is 17.3 Å². The van der Waals surface area contributed by atoms with E-state index in [1.807, 2.05) is 18.2 Å². The summed E-state index contributed by atoms with van der Waals surface area (Å²) in [6.07, 6.45) is 1.45. The molecular formula is C21H18N2O5. The maximum Gasteiger partial charge on any atom is 0.291 e. The zero-order valence-electron chi connectivity index (χ0n) is 15.2. The smallest absolute Gasteiger partial charge is 0.291 e. The molecule has 0 saturated heterocycles. The van der Waals surface area contributed by atoms with Crippen LogP contribution in [-0.4, -0.2) is 18.6 Å². The standard InChI is InChI=1S/C21H18N2O5/c1-13-8-9-26-19(13)21(25)23-16-5-3-2-4-15(16)20(24)22-11-14-6-7-17-18(10-14)28-12-27-17/h2-10H,11-12H2,1H3,(H,22,24)(H,23,25). The minimum absolute atomic E-state index is 0.202. The molecule has 2 heterocycles. The number of hydrogen-bond donors (Lipinski definition) is 2. The van der Waals surface area contributed by atoms with Crippen molar-refractivity contribution in [1.29, 1.82) is 0 Å². The molecule has 3 aromatic rings. The number of benzene rings is 2. The van der Waals surface area contributed by atoms with E-state index in [0.29, 0.717) is 29.3 Å². The Morgan fingerprint density at radius 1 is 1.00 bits per heavy atom. The number of hydrogen-bond acceptors (Lipinski definition) is 5. The number of aryl methyl sites for hydroxylation is 1. The molecule has 2 amide bonds. The second-order valence-corrected chi connectivity index (χ2v) is 6.30. The highest BCUT2D eigenvalue weighted by molar-refractivity contribution is 6.08. The Labute approximate surface area is 161 Å². The molecule has 0 atom stereocenters. The third-order valence-electron chi connectivity index (χ3n) is 4.38. The average Bonchev–Trinajstić information content (AvgIpc) is 3.34. The molecule has 1 aliphatic heterocycles. The van der Waals surface area contributed by atoms with Crippen LogP contribution in [0.4, 0.5) is 5.69 Å². The molecule has 0 bridgehead atoms. The molecule has 0 spiro atoms. The van der Waals surface area contributed by atoms with Gasteiger partial charge in [0.05, 0.1) is 17.5 Å². The zero-order chi connectivity index (χ0) is 19.5. The lowest BCUT2D eigenvalue weighted by Gasteiger charge is -2.11. The molecule has 7 nitrogen and oxygen atoms in total. The number of carbonyl (C=O) groups is 2. The summed E-state index contributed by atoms with van der Waals surface area (Å²) in [5, 5.41) is 5.59. The third-order valence-corrected chi connectivity index (χ3v) is 4.38. The fourth-order valence-electron chi connectivity index (χ4n) is 2.90. The highest BCUT2D eigenvalue weighted by atomic mass is 16.7. The van der Waals surface area contributed by atoms with Gasteiger partial charge in [0.1, 0.15) is 0 Å². The van der Waals surface area contributed by atoms with Crippen molar-refractivity contribution in [3.05, 3.63) is 77.2 Å². The Morgan fingerprint density at radius 2 is 1.82 bits per heavy atom. The second-order valence-electron chi connectivity index (χ2n) is 6.30. The Balaban J connectivity index is 1.46. The fourth-order valence-corrected chi connectivity index (χ4v) is 2.90. The molecular weight excluding hydrogens is 360 g/mol. The summed E-state index contributed by atoms with van der Waals surface area (Å²) < 4.78 is 15.8. The van der Waals surface area contributed by atoms with E-state index in [2.05, 4.69) is 10.6 Å². The summed E-state index contributed by atoms with van der Waals surface area (Å²) in [5.74, 6) is 0.864. The molecule has 1 aromatic heterocycles. The number of carbonyl (C=O) groups excluding carboxylic acids is 2. The fraction of sp³-hybridized carbons (Fsp3) is 0.143. The first-order valence-electron chi connectivity index (χ1n) is 8.73. The first-order chi connectivity index (χ1) is 13.6. The van der Waals surface area contributed by atoms with Crippen molar-refractivity contribution in [2.75, 3.05) is 12.1 Å². The normalized spacial score (nSPS) is 11.9. The van der Waals surface area contributed by atoms with E-state index < -0.39 is 5.91 Å². The highest BCUT2D eigenvalue weighted by Crippen LogP contribution is 2.32. The summed E-state index contributed by atoms with van der Waals surface area (Å²) >= 11 is 0. The predicted molar refractivity (Wildman–Crippen MR) is 102 cm³/mol.